The molecule has 1 aromatic carbocycles. The number of likely N-dealkylation sites (N-methyl/N-ethyl adjacent to an activating group) is 1. The van der Waals surface area contributed by atoms with E-state index in [1.54, 1.807) is 12.4 Å². The third-order valence-corrected chi connectivity index (χ3v) is 5.03. The summed E-state index contributed by atoms with van der Waals surface area (Å²) < 4.78 is 0. The van der Waals surface area contributed by atoms with Crippen molar-refractivity contribution in [3.8, 4) is 0 Å². The number of aromatic nitrogens is 1. The lowest BCUT2D eigenvalue weighted by Gasteiger charge is -2.26. The van der Waals surface area contributed by atoms with Gasteiger partial charge in [-0.15, -0.1) is 0 Å². The Bertz CT molecular complexity index is 632. The van der Waals surface area contributed by atoms with E-state index in [0.717, 1.165) is 18.4 Å². The second-order valence-electron chi connectivity index (χ2n) is 5.84. The lowest BCUT2D eigenvalue weighted by molar-refractivity contribution is 0.106. The number of rotatable bonds is 4. The number of pyridine rings is 1. The standard InChI is InChI=1S/C17H18Cl2N2O/c1-21(10-17(22)11-3-2-4-20-9-11)14-5-12-7-15(18)16(19)8-13(12)6-14/h2-4,7-9,14,17,22H,5-6,10H2,1H3. The fourth-order valence-corrected chi connectivity index (χ4v) is 3.37. The summed E-state index contributed by atoms with van der Waals surface area (Å²) in [6.45, 7) is 0.575. The van der Waals surface area contributed by atoms with Gasteiger partial charge >= 0.3 is 0 Å². The summed E-state index contributed by atoms with van der Waals surface area (Å²) in [5.74, 6) is 0. The van der Waals surface area contributed by atoms with Gasteiger partial charge in [0.1, 0.15) is 0 Å². The first-order chi connectivity index (χ1) is 10.5. The highest BCUT2D eigenvalue weighted by Gasteiger charge is 2.27. The van der Waals surface area contributed by atoms with E-state index in [2.05, 4.69) is 9.88 Å². The van der Waals surface area contributed by atoms with Crippen LogP contribution in [0.5, 0.6) is 0 Å². The monoisotopic (exact) mass is 336 g/mol. The number of benzene rings is 1. The molecule has 1 atom stereocenters. The third-order valence-electron chi connectivity index (χ3n) is 4.31. The van der Waals surface area contributed by atoms with Crippen molar-refractivity contribution in [1.82, 2.24) is 9.88 Å². The molecule has 0 saturated heterocycles. The van der Waals surface area contributed by atoms with Crippen LogP contribution in [0.15, 0.2) is 36.7 Å². The molecule has 1 aliphatic carbocycles. The van der Waals surface area contributed by atoms with Crippen LogP contribution < -0.4 is 0 Å². The van der Waals surface area contributed by atoms with E-state index in [0.29, 0.717) is 22.6 Å². The summed E-state index contributed by atoms with van der Waals surface area (Å²) in [6.07, 6.45) is 4.75. The molecule has 1 aromatic heterocycles. The summed E-state index contributed by atoms with van der Waals surface area (Å²) in [4.78, 5) is 6.25. The van der Waals surface area contributed by atoms with Crippen molar-refractivity contribution >= 4 is 23.2 Å². The number of nitrogens with zero attached hydrogens (tertiary/aromatic N) is 2. The number of fused-ring (bicyclic) bond motifs is 1. The molecule has 1 aliphatic rings. The zero-order valence-electron chi connectivity index (χ0n) is 12.3. The van der Waals surface area contributed by atoms with Gasteiger partial charge in [-0.3, -0.25) is 9.88 Å². The van der Waals surface area contributed by atoms with Crippen LogP contribution in [-0.2, 0) is 12.8 Å². The summed E-state index contributed by atoms with van der Waals surface area (Å²) in [5, 5.41) is 11.6. The maximum atomic E-state index is 10.3. The van der Waals surface area contributed by atoms with Crippen molar-refractivity contribution in [2.75, 3.05) is 13.6 Å². The molecule has 1 unspecified atom stereocenters. The second kappa shape index (κ2) is 6.55. The number of halogens is 2. The van der Waals surface area contributed by atoms with Crippen LogP contribution in [0.2, 0.25) is 10.0 Å². The average Bonchev–Trinajstić information content (AvgIpc) is 2.91. The first-order valence-corrected chi connectivity index (χ1v) is 8.05. The van der Waals surface area contributed by atoms with E-state index >= 15 is 0 Å². The fraction of sp³-hybridized carbons (Fsp3) is 0.353. The molecule has 0 bridgehead atoms. The number of aliphatic hydroxyl groups excluding tert-OH is 1. The molecular weight excluding hydrogens is 319 g/mol. The quantitative estimate of drug-likeness (QED) is 0.927. The summed E-state index contributed by atoms with van der Waals surface area (Å²) in [7, 11) is 2.04. The van der Waals surface area contributed by atoms with Gasteiger partial charge in [-0.1, -0.05) is 29.3 Å². The molecule has 1 heterocycles. The lowest BCUT2D eigenvalue weighted by Crippen LogP contribution is -2.35. The third kappa shape index (κ3) is 3.28. The van der Waals surface area contributed by atoms with E-state index in [-0.39, 0.29) is 0 Å². The Balaban J connectivity index is 1.66. The largest absolute Gasteiger partial charge is 0.387 e. The molecular formula is C17H18Cl2N2O. The van der Waals surface area contributed by atoms with Crippen molar-refractivity contribution < 1.29 is 5.11 Å². The molecule has 0 fully saturated rings. The van der Waals surface area contributed by atoms with Gasteiger partial charge in [-0.05, 0) is 49.2 Å². The topological polar surface area (TPSA) is 36.4 Å². The van der Waals surface area contributed by atoms with Crippen molar-refractivity contribution in [3.63, 3.8) is 0 Å². The Kier molecular flexibility index (Phi) is 4.69. The first-order valence-electron chi connectivity index (χ1n) is 7.29. The van der Waals surface area contributed by atoms with Crippen LogP contribution in [0.1, 0.15) is 22.8 Å². The molecule has 0 amide bonds. The summed E-state index contributed by atoms with van der Waals surface area (Å²) in [6, 6.07) is 8.02. The van der Waals surface area contributed by atoms with Gasteiger partial charge < -0.3 is 5.11 Å². The van der Waals surface area contributed by atoms with Crippen LogP contribution in [0.3, 0.4) is 0 Å². The van der Waals surface area contributed by atoms with Crippen molar-refractivity contribution in [2.45, 2.75) is 25.0 Å². The van der Waals surface area contributed by atoms with Gasteiger partial charge in [0, 0.05) is 30.5 Å². The predicted octanol–water partition coefficient (Wildman–Crippen LogP) is 3.52. The van der Waals surface area contributed by atoms with Gasteiger partial charge in [0.25, 0.3) is 0 Å². The molecule has 0 aliphatic heterocycles. The molecule has 2 aromatic rings. The zero-order valence-corrected chi connectivity index (χ0v) is 13.8. The first kappa shape index (κ1) is 15.8. The highest BCUT2D eigenvalue weighted by atomic mass is 35.5. The summed E-state index contributed by atoms with van der Waals surface area (Å²) >= 11 is 12.2. The van der Waals surface area contributed by atoms with E-state index in [1.807, 2.05) is 31.3 Å². The smallest absolute Gasteiger partial charge is 0.0931 e. The Hall–Kier alpha value is -1.13. The number of aliphatic hydroxyl groups is 1. The Morgan fingerprint density at radius 2 is 1.91 bits per heavy atom. The number of hydrogen-bond acceptors (Lipinski definition) is 3. The number of hydrogen-bond donors (Lipinski definition) is 1. The maximum Gasteiger partial charge on any atom is 0.0931 e. The van der Waals surface area contributed by atoms with E-state index in [1.165, 1.54) is 11.1 Å². The van der Waals surface area contributed by atoms with Crippen LogP contribution in [0.4, 0.5) is 0 Å². The fourth-order valence-electron chi connectivity index (χ4n) is 3.00. The molecule has 3 rings (SSSR count). The van der Waals surface area contributed by atoms with Crippen LogP contribution in [0, 0.1) is 0 Å². The van der Waals surface area contributed by atoms with Gasteiger partial charge in [-0.25, -0.2) is 0 Å². The van der Waals surface area contributed by atoms with Gasteiger partial charge in [0.15, 0.2) is 0 Å². The van der Waals surface area contributed by atoms with Crippen molar-refractivity contribution in [1.29, 1.82) is 0 Å². The van der Waals surface area contributed by atoms with Gasteiger partial charge in [-0.2, -0.15) is 0 Å². The molecule has 0 saturated carbocycles. The molecule has 3 nitrogen and oxygen atoms in total. The minimum absolute atomic E-state index is 0.357. The predicted molar refractivity (Wildman–Crippen MR) is 89.5 cm³/mol. The Morgan fingerprint density at radius 3 is 2.45 bits per heavy atom. The van der Waals surface area contributed by atoms with Crippen molar-refractivity contribution in [3.05, 3.63) is 63.4 Å². The van der Waals surface area contributed by atoms with E-state index in [4.69, 9.17) is 23.2 Å². The maximum absolute atomic E-state index is 10.3. The van der Waals surface area contributed by atoms with Gasteiger partial charge in [0.2, 0.25) is 0 Å². The highest BCUT2D eigenvalue weighted by Crippen LogP contribution is 2.33. The molecule has 116 valence electrons. The Labute approximate surface area is 140 Å². The zero-order chi connectivity index (χ0) is 15.7. The average molecular weight is 337 g/mol. The van der Waals surface area contributed by atoms with Crippen LogP contribution >= 0.6 is 23.2 Å². The highest BCUT2D eigenvalue weighted by molar-refractivity contribution is 6.42. The van der Waals surface area contributed by atoms with E-state index < -0.39 is 6.10 Å². The SMILES string of the molecule is CN(CC(O)c1cccnc1)C1Cc2cc(Cl)c(Cl)cc2C1. The molecule has 1 N–H and O–H groups in total. The normalized spacial score (nSPS) is 16.0. The molecule has 0 radical (unpaired) electrons. The van der Waals surface area contributed by atoms with Gasteiger partial charge in [0.05, 0.1) is 16.1 Å². The van der Waals surface area contributed by atoms with Crippen molar-refractivity contribution in [2.24, 2.45) is 0 Å². The van der Waals surface area contributed by atoms with Crippen LogP contribution in [0.25, 0.3) is 0 Å². The molecule has 5 heteroatoms. The van der Waals surface area contributed by atoms with Crippen LogP contribution in [-0.4, -0.2) is 34.6 Å². The second-order valence-corrected chi connectivity index (χ2v) is 6.65. The molecule has 22 heavy (non-hydrogen) atoms. The lowest BCUT2D eigenvalue weighted by atomic mass is 10.1. The molecule has 0 spiro atoms. The Morgan fingerprint density at radius 1 is 1.27 bits per heavy atom. The minimum atomic E-state index is -0.533. The van der Waals surface area contributed by atoms with E-state index in [9.17, 15) is 5.11 Å². The minimum Gasteiger partial charge on any atom is -0.387 e. The summed E-state index contributed by atoms with van der Waals surface area (Å²) in [5.41, 5.74) is 3.35.